The number of ether oxygens (including phenoxy) is 2. The summed E-state index contributed by atoms with van der Waals surface area (Å²) in [6, 6.07) is 0. The van der Waals surface area contributed by atoms with Crippen molar-refractivity contribution in [2.45, 2.75) is 32.1 Å². The highest BCUT2D eigenvalue weighted by Gasteiger charge is 2.55. The van der Waals surface area contributed by atoms with Gasteiger partial charge in [-0.15, -0.1) is 8.78 Å². The topological polar surface area (TPSA) is 18.5 Å². The standard InChI is InChI=1S/C5H7F3O2/c1-3-4(2,6)10-5(7,8)9-3/h3H,1-2H3. The van der Waals surface area contributed by atoms with Crippen molar-refractivity contribution < 1.29 is 22.6 Å². The zero-order valence-corrected chi connectivity index (χ0v) is 5.53. The van der Waals surface area contributed by atoms with Crippen LogP contribution < -0.4 is 0 Å². The van der Waals surface area contributed by atoms with Gasteiger partial charge in [-0.05, 0) is 13.8 Å². The summed E-state index contributed by atoms with van der Waals surface area (Å²) in [5, 5.41) is 0. The molecule has 0 saturated carbocycles. The summed E-state index contributed by atoms with van der Waals surface area (Å²) in [6.07, 6.45) is -5.01. The molecule has 1 rings (SSSR count). The molecular weight excluding hydrogens is 149 g/mol. The van der Waals surface area contributed by atoms with E-state index in [2.05, 4.69) is 9.47 Å². The molecule has 0 aromatic heterocycles. The van der Waals surface area contributed by atoms with Gasteiger partial charge in [-0.25, -0.2) is 4.39 Å². The Hall–Kier alpha value is -0.290. The molecule has 0 aromatic carbocycles. The lowest BCUT2D eigenvalue weighted by atomic mass is 10.2. The molecule has 0 amide bonds. The summed E-state index contributed by atoms with van der Waals surface area (Å²) in [6.45, 7) is 2.08. The number of hydrogen-bond acceptors (Lipinski definition) is 2. The summed E-state index contributed by atoms with van der Waals surface area (Å²) in [4.78, 5) is 0. The predicted octanol–water partition coefficient (Wildman–Crippen LogP) is 1.66. The van der Waals surface area contributed by atoms with E-state index in [1.54, 1.807) is 0 Å². The van der Waals surface area contributed by atoms with Crippen molar-refractivity contribution >= 4 is 0 Å². The molecule has 10 heavy (non-hydrogen) atoms. The van der Waals surface area contributed by atoms with Gasteiger partial charge >= 0.3 is 6.29 Å². The minimum absolute atomic E-state index is 0.901. The molecule has 60 valence electrons. The molecule has 1 saturated heterocycles. The molecule has 1 fully saturated rings. The van der Waals surface area contributed by atoms with Crippen LogP contribution in [0.3, 0.4) is 0 Å². The van der Waals surface area contributed by atoms with Gasteiger partial charge < -0.3 is 0 Å². The molecule has 0 bridgehead atoms. The van der Waals surface area contributed by atoms with E-state index >= 15 is 0 Å². The van der Waals surface area contributed by atoms with Crippen molar-refractivity contribution in [2.75, 3.05) is 0 Å². The molecule has 2 nitrogen and oxygen atoms in total. The summed E-state index contributed by atoms with van der Waals surface area (Å²) < 4.78 is 44.1. The quantitative estimate of drug-likeness (QED) is 0.531. The van der Waals surface area contributed by atoms with Crippen molar-refractivity contribution in [1.82, 2.24) is 0 Å². The Labute approximate surface area is 55.9 Å². The molecule has 1 heterocycles. The first-order valence-electron chi connectivity index (χ1n) is 2.78. The van der Waals surface area contributed by atoms with Crippen LogP contribution in [0.25, 0.3) is 0 Å². The van der Waals surface area contributed by atoms with Gasteiger partial charge in [-0.1, -0.05) is 0 Å². The third kappa shape index (κ3) is 1.24. The Morgan fingerprint density at radius 1 is 1.30 bits per heavy atom. The molecule has 0 radical (unpaired) electrons. The Balaban J connectivity index is 2.71. The highest BCUT2D eigenvalue weighted by atomic mass is 19.3. The summed E-state index contributed by atoms with van der Waals surface area (Å²) in [5.74, 6) is -2.39. The first kappa shape index (κ1) is 7.81. The average Bonchev–Trinajstić information content (AvgIpc) is 1.73. The fraction of sp³-hybridized carbons (Fsp3) is 1.00. The van der Waals surface area contributed by atoms with Crippen LogP contribution in [0.1, 0.15) is 13.8 Å². The highest BCUT2D eigenvalue weighted by molar-refractivity contribution is 4.76. The van der Waals surface area contributed by atoms with Crippen LogP contribution in [0.5, 0.6) is 0 Å². The van der Waals surface area contributed by atoms with E-state index in [1.165, 1.54) is 6.92 Å². The Morgan fingerprint density at radius 2 is 1.80 bits per heavy atom. The van der Waals surface area contributed by atoms with Gasteiger partial charge in [-0.3, -0.25) is 9.47 Å². The fourth-order valence-corrected chi connectivity index (χ4v) is 0.650. The van der Waals surface area contributed by atoms with Gasteiger partial charge in [0.2, 0.25) is 5.85 Å². The van der Waals surface area contributed by atoms with E-state index in [0.29, 0.717) is 0 Å². The lowest BCUT2D eigenvalue weighted by molar-refractivity contribution is -0.366. The largest absolute Gasteiger partial charge is 0.488 e. The second-order valence-electron chi connectivity index (χ2n) is 2.31. The monoisotopic (exact) mass is 156 g/mol. The Kier molecular flexibility index (Phi) is 1.45. The van der Waals surface area contributed by atoms with Crippen molar-refractivity contribution in [3.63, 3.8) is 0 Å². The van der Waals surface area contributed by atoms with Gasteiger partial charge in [-0.2, -0.15) is 0 Å². The average molecular weight is 156 g/mol. The maximum Gasteiger partial charge on any atom is 0.488 e. The van der Waals surface area contributed by atoms with Crippen LogP contribution >= 0.6 is 0 Å². The second kappa shape index (κ2) is 1.85. The third-order valence-electron chi connectivity index (χ3n) is 1.36. The molecular formula is C5H7F3O2. The van der Waals surface area contributed by atoms with E-state index in [-0.39, 0.29) is 0 Å². The number of rotatable bonds is 0. The predicted molar refractivity (Wildman–Crippen MR) is 26.1 cm³/mol. The summed E-state index contributed by atoms with van der Waals surface area (Å²) in [7, 11) is 0. The minimum atomic E-state index is -3.77. The van der Waals surface area contributed by atoms with Gasteiger partial charge in [0, 0.05) is 0 Å². The summed E-state index contributed by atoms with van der Waals surface area (Å²) >= 11 is 0. The number of halogens is 3. The van der Waals surface area contributed by atoms with Crippen molar-refractivity contribution in [3.8, 4) is 0 Å². The maximum absolute atomic E-state index is 12.7. The molecule has 1 aliphatic heterocycles. The van der Waals surface area contributed by atoms with Gasteiger partial charge in [0.25, 0.3) is 0 Å². The van der Waals surface area contributed by atoms with Crippen LogP contribution in [-0.4, -0.2) is 18.3 Å². The number of alkyl halides is 3. The fourth-order valence-electron chi connectivity index (χ4n) is 0.650. The van der Waals surface area contributed by atoms with Crippen molar-refractivity contribution in [3.05, 3.63) is 0 Å². The SMILES string of the molecule is CC1OC(F)(F)OC1(C)F. The minimum Gasteiger partial charge on any atom is -0.287 e. The molecule has 1 aliphatic rings. The van der Waals surface area contributed by atoms with Crippen LogP contribution in [0.15, 0.2) is 0 Å². The van der Waals surface area contributed by atoms with E-state index in [4.69, 9.17) is 0 Å². The van der Waals surface area contributed by atoms with Crippen LogP contribution in [-0.2, 0) is 9.47 Å². The van der Waals surface area contributed by atoms with Crippen molar-refractivity contribution in [1.29, 1.82) is 0 Å². The molecule has 2 atom stereocenters. The molecule has 0 aromatic rings. The molecule has 0 N–H and O–H groups in total. The third-order valence-corrected chi connectivity index (χ3v) is 1.36. The Bertz CT molecular complexity index is 146. The van der Waals surface area contributed by atoms with Gasteiger partial charge in [0.1, 0.15) is 6.10 Å². The van der Waals surface area contributed by atoms with Gasteiger partial charge in [0.15, 0.2) is 0 Å². The molecule has 0 aliphatic carbocycles. The van der Waals surface area contributed by atoms with Gasteiger partial charge in [0.05, 0.1) is 0 Å². The molecule has 2 unspecified atom stereocenters. The summed E-state index contributed by atoms with van der Waals surface area (Å²) in [5.41, 5.74) is 0. The Morgan fingerprint density at radius 3 is 1.90 bits per heavy atom. The smallest absolute Gasteiger partial charge is 0.287 e. The lowest BCUT2D eigenvalue weighted by Crippen LogP contribution is -2.28. The molecule has 5 heteroatoms. The van der Waals surface area contributed by atoms with E-state index < -0.39 is 18.3 Å². The zero-order chi connectivity index (χ0) is 7.99. The first-order valence-corrected chi connectivity index (χ1v) is 2.78. The maximum atomic E-state index is 12.7. The van der Waals surface area contributed by atoms with E-state index in [1.807, 2.05) is 0 Å². The second-order valence-corrected chi connectivity index (χ2v) is 2.31. The zero-order valence-electron chi connectivity index (χ0n) is 5.53. The molecule has 0 spiro atoms. The van der Waals surface area contributed by atoms with Crippen LogP contribution in [0, 0.1) is 0 Å². The highest BCUT2D eigenvalue weighted by Crippen LogP contribution is 2.39. The van der Waals surface area contributed by atoms with Crippen LogP contribution in [0.2, 0.25) is 0 Å². The van der Waals surface area contributed by atoms with E-state index in [0.717, 1.165) is 6.92 Å². The first-order chi connectivity index (χ1) is 4.33. The van der Waals surface area contributed by atoms with Crippen molar-refractivity contribution in [2.24, 2.45) is 0 Å². The van der Waals surface area contributed by atoms with E-state index in [9.17, 15) is 13.2 Å². The number of hydrogen-bond donors (Lipinski definition) is 0. The van der Waals surface area contributed by atoms with Crippen LogP contribution in [0.4, 0.5) is 13.2 Å². The normalized spacial score (nSPS) is 45.9. The lowest BCUT2D eigenvalue weighted by Gasteiger charge is -2.13.